The van der Waals surface area contributed by atoms with Gasteiger partial charge < -0.3 is 0 Å². The van der Waals surface area contributed by atoms with Crippen molar-refractivity contribution >= 4 is 64.3 Å². The summed E-state index contributed by atoms with van der Waals surface area (Å²) in [6.45, 7) is 2.13. The molecule has 1 nitrogen and oxygen atoms in total. The lowest BCUT2D eigenvalue weighted by atomic mass is 9.81. The van der Waals surface area contributed by atoms with Crippen LogP contribution in [0.3, 0.4) is 0 Å². The van der Waals surface area contributed by atoms with Crippen molar-refractivity contribution in [1.82, 2.24) is 0 Å². The predicted octanol–water partition coefficient (Wildman–Crippen LogP) is 7.77. The van der Waals surface area contributed by atoms with Gasteiger partial charge in [-0.2, -0.15) is 0 Å². The summed E-state index contributed by atoms with van der Waals surface area (Å²) in [5.41, 5.74) is 3.06. The summed E-state index contributed by atoms with van der Waals surface area (Å²) in [5, 5.41) is 2.20. The highest BCUT2D eigenvalue weighted by Crippen LogP contribution is 2.34. The molecule has 0 aliphatic heterocycles. The second-order valence-electron chi connectivity index (χ2n) is 6.51. The molecule has 0 heterocycles. The number of halogens is 4. The van der Waals surface area contributed by atoms with Gasteiger partial charge in [0.25, 0.3) is 0 Å². The van der Waals surface area contributed by atoms with Crippen LogP contribution in [0.5, 0.6) is 0 Å². The number of hydrogen-bond donors (Lipinski definition) is 0. The van der Waals surface area contributed by atoms with Crippen LogP contribution in [0, 0.1) is 5.92 Å². The maximum atomic E-state index is 13.0. The lowest BCUT2D eigenvalue weighted by molar-refractivity contribution is -0.113. The largest absolute Gasteiger partial charge is 0.289 e. The number of rotatable bonds is 2. The molecule has 1 fully saturated rings. The standard InChI is InChI=1S/C21H16Cl4O/c1-12-6-15(8-13-2-4-17(22)10-19(13)24)21(26)16(7-12)9-14-3-5-18(23)11-20(14)25/h2-5,8-12H,6-7H2,1H3/b15-8+,16-9+. The SMILES string of the molecule is CC1C/C(=C\c2ccc(Cl)cc2Cl)C(=O)/C(=C/c2ccc(Cl)cc2Cl)C1. The van der Waals surface area contributed by atoms with Crippen LogP contribution in [-0.2, 0) is 4.79 Å². The lowest BCUT2D eigenvalue weighted by Gasteiger charge is -2.23. The van der Waals surface area contributed by atoms with Gasteiger partial charge in [0.05, 0.1) is 0 Å². The zero-order valence-electron chi connectivity index (χ0n) is 14.0. The van der Waals surface area contributed by atoms with Crippen molar-refractivity contribution in [2.45, 2.75) is 19.8 Å². The van der Waals surface area contributed by atoms with Gasteiger partial charge in [0.1, 0.15) is 0 Å². The van der Waals surface area contributed by atoms with Gasteiger partial charge >= 0.3 is 0 Å². The molecule has 0 N–H and O–H groups in total. The number of carbonyl (C=O) groups excluding carboxylic acids is 1. The molecule has 0 unspecified atom stereocenters. The molecule has 0 aromatic heterocycles. The van der Waals surface area contributed by atoms with Crippen molar-refractivity contribution < 1.29 is 4.79 Å². The molecule has 0 radical (unpaired) electrons. The Morgan fingerprint density at radius 3 is 1.62 bits per heavy atom. The monoisotopic (exact) mass is 424 g/mol. The van der Waals surface area contributed by atoms with Gasteiger partial charge in [0, 0.05) is 31.2 Å². The molecule has 0 atom stereocenters. The van der Waals surface area contributed by atoms with Crippen LogP contribution in [0.2, 0.25) is 20.1 Å². The van der Waals surface area contributed by atoms with Crippen molar-refractivity contribution in [1.29, 1.82) is 0 Å². The van der Waals surface area contributed by atoms with E-state index in [0.29, 0.717) is 38.9 Å². The Labute approximate surface area is 173 Å². The summed E-state index contributed by atoms with van der Waals surface area (Å²) >= 11 is 24.4. The number of Topliss-reactive ketones (excluding diaryl/α,β-unsaturated/α-hetero) is 1. The lowest BCUT2D eigenvalue weighted by Crippen LogP contribution is -2.18. The van der Waals surface area contributed by atoms with E-state index in [4.69, 9.17) is 46.4 Å². The molecule has 26 heavy (non-hydrogen) atoms. The van der Waals surface area contributed by atoms with Crippen molar-refractivity contribution in [3.8, 4) is 0 Å². The van der Waals surface area contributed by atoms with Gasteiger partial charge in [-0.05, 0) is 66.3 Å². The molecule has 2 aromatic carbocycles. The first kappa shape index (κ1) is 19.5. The van der Waals surface area contributed by atoms with E-state index in [9.17, 15) is 4.79 Å². The topological polar surface area (TPSA) is 17.1 Å². The fourth-order valence-electron chi connectivity index (χ4n) is 3.08. The van der Waals surface area contributed by atoms with Crippen molar-refractivity contribution in [2.75, 3.05) is 0 Å². The Morgan fingerprint density at radius 1 is 0.808 bits per heavy atom. The Bertz CT molecular complexity index is 854. The van der Waals surface area contributed by atoms with E-state index in [1.807, 2.05) is 24.3 Å². The average Bonchev–Trinajstić information content (AvgIpc) is 2.56. The van der Waals surface area contributed by atoms with Gasteiger partial charge in [0.2, 0.25) is 0 Å². The highest BCUT2D eigenvalue weighted by atomic mass is 35.5. The first-order chi connectivity index (χ1) is 12.3. The van der Waals surface area contributed by atoms with Gasteiger partial charge in [-0.25, -0.2) is 0 Å². The van der Waals surface area contributed by atoms with E-state index in [1.165, 1.54) is 0 Å². The number of allylic oxidation sites excluding steroid dienone is 2. The van der Waals surface area contributed by atoms with Crippen LogP contribution in [0.1, 0.15) is 30.9 Å². The summed E-state index contributed by atoms with van der Waals surface area (Å²) < 4.78 is 0. The molecule has 0 spiro atoms. The van der Waals surface area contributed by atoms with Gasteiger partial charge in [-0.3, -0.25) is 4.79 Å². The zero-order chi connectivity index (χ0) is 18.8. The molecule has 3 rings (SSSR count). The van der Waals surface area contributed by atoms with Crippen LogP contribution in [0.25, 0.3) is 12.2 Å². The fraction of sp³-hybridized carbons (Fsp3) is 0.190. The maximum Gasteiger partial charge on any atom is 0.185 e. The Morgan fingerprint density at radius 2 is 1.23 bits per heavy atom. The van der Waals surface area contributed by atoms with Gasteiger partial charge in [-0.1, -0.05) is 65.5 Å². The summed E-state index contributed by atoms with van der Waals surface area (Å²) in [5.74, 6) is 0.377. The van der Waals surface area contributed by atoms with Crippen molar-refractivity contribution in [3.63, 3.8) is 0 Å². The summed E-state index contributed by atoms with van der Waals surface area (Å²) in [4.78, 5) is 13.0. The van der Waals surface area contributed by atoms with E-state index < -0.39 is 0 Å². The van der Waals surface area contributed by atoms with Crippen molar-refractivity contribution in [2.24, 2.45) is 5.92 Å². The third-order valence-electron chi connectivity index (χ3n) is 4.30. The van der Waals surface area contributed by atoms with Gasteiger partial charge in [0.15, 0.2) is 5.78 Å². The third kappa shape index (κ3) is 4.53. The smallest absolute Gasteiger partial charge is 0.185 e. The van der Waals surface area contributed by atoms with Crippen LogP contribution in [0.4, 0.5) is 0 Å². The summed E-state index contributed by atoms with van der Waals surface area (Å²) in [7, 11) is 0. The maximum absolute atomic E-state index is 13.0. The molecular weight excluding hydrogens is 410 g/mol. The number of carbonyl (C=O) groups is 1. The van der Waals surface area contributed by atoms with Crippen LogP contribution in [-0.4, -0.2) is 5.78 Å². The first-order valence-electron chi connectivity index (χ1n) is 8.19. The predicted molar refractivity (Wildman–Crippen MR) is 112 cm³/mol. The summed E-state index contributed by atoms with van der Waals surface area (Å²) in [6, 6.07) is 10.5. The van der Waals surface area contributed by atoms with Crippen LogP contribution in [0.15, 0.2) is 47.5 Å². The second-order valence-corrected chi connectivity index (χ2v) is 8.20. The minimum absolute atomic E-state index is 0.0279. The van der Waals surface area contributed by atoms with E-state index in [2.05, 4.69) is 6.92 Å². The quantitative estimate of drug-likeness (QED) is 0.449. The Hall–Kier alpha value is -1.25. The molecular formula is C21H16Cl4O. The van der Waals surface area contributed by atoms with Crippen LogP contribution < -0.4 is 0 Å². The molecule has 5 heteroatoms. The highest BCUT2D eigenvalue weighted by molar-refractivity contribution is 6.36. The minimum Gasteiger partial charge on any atom is -0.289 e. The zero-order valence-corrected chi connectivity index (χ0v) is 17.1. The van der Waals surface area contributed by atoms with E-state index in [0.717, 1.165) is 22.3 Å². The molecule has 0 amide bonds. The first-order valence-corrected chi connectivity index (χ1v) is 9.70. The average molecular weight is 426 g/mol. The van der Waals surface area contributed by atoms with E-state index >= 15 is 0 Å². The Balaban J connectivity index is 1.97. The summed E-state index contributed by atoms with van der Waals surface area (Å²) in [6.07, 6.45) is 5.13. The molecule has 1 saturated carbocycles. The van der Waals surface area contributed by atoms with Crippen molar-refractivity contribution in [3.05, 3.63) is 78.8 Å². The molecule has 0 bridgehead atoms. The molecule has 1 aliphatic rings. The normalized spacial score (nSPS) is 20.8. The number of ketones is 1. The van der Waals surface area contributed by atoms with E-state index in [-0.39, 0.29) is 5.78 Å². The van der Waals surface area contributed by atoms with Crippen LogP contribution >= 0.6 is 46.4 Å². The highest BCUT2D eigenvalue weighted by Gasteiger charge is 2.25. The van der Waals surface area contributed by atoms with Gasteiger partial charge in [-0.15, -0.1) is 0 Å². The minimum atomic E-state index is 0.0279. The molecule has 134 valence electrons. The van der Waals surface area contributed by atoms with E-state index in [1.54, 1.807) is 24.3 Å². The fourth-order valence-corrected chi connectivity index (χ4v) is 4.00. The number of hydrogen-bond acceptors (Lipinski definition) is 1. The molecule has 2 aromatic rings. The molecule has 1 aliphatic carbocycles. The number of benzene rings is 2. The third-order valence-corrected chi connectivity index (χ3v) is 5.43. The molecule has 0 saturated heterocycles. The second kappa shape index (κ2) is 8.19. The Kier molecular flexibility index (Phi) is 6.14.